The number of nitrogens with two attached hydrogens (primary N) is 1. The van der Waals surface area contributed by atoms with Crippen LogP contribution in [-0.4, -0.2) is 5.91 Å². The predicted octanol–water partition coefficient (Wildman–Crippen LogP) is 3.30. The first-order valence-electron chi connectivity index (χ1n) is 6.12. The second-order valence-electron chi connectivity index (χ2n) is 4.23. The molecule has 1 amide bonds. The fourth-order valence-corrected chi connectivity index (χ4v) is 1.81. The van der Waals surface area contributed by atoms with Gasteiger partial charge in [-0.15, -0.1) is 0 Å². The van der Waals surface area contributed by atoms with Crippen molar-refractivity contribution in [3.05, 3.63) is 35.4 Å². The first kappa shape index (κ1) is 12.8. The zero-order chi connectivity index (χ0) is 11.8. The van der Waals surface area contributed by atoms with Crippen LogP contribution in [0.15, 0.2) is 24.3 Å². The SMILES string of the molecule is CCCCCCCc1cccc(C(N)=O)c1. The molecule has 0 saturated carbocycles. The standard InChI is InChI=1S/C14H21NO/c1-2-3-4-5-6-8-12-9-7-10-13(11-12)14(15)16/h7,9-11H,2-6,8H2,1H3,(H2,15,16). The van der Waals surface area contributed by atoms with Gasteiger partial charge in [0, 0.05) is 5.56 Å². The Hall–Kier alpha value is -1.31. The lowest BCUT2D eigenvalue weighted by molar-refractivity contribution is 0.1000. The van der Waals surface area contributed by atoms with Crippen LogP contribution >= 0.6 is 0 Å². The van der Waals surface area contributed by atoms with E-state index in [9.17, 15) is 4.79 Å². The van der Waals surface area contributed by atoms with E-state index in [-0.39, 0.29) is 5.91 Å². The van der Waals surface area contributed by atoms with Gasteiger partial charge in [-0.3, -0.25) is 4.79 Å². The monoisotopic (exact) mass is 219 g/mol. The van der Waals surface area contributed by atoms with Gasteiger partial charge in [-0.1, -0.05) is 44.7 Å². The van der Waals surface area contributed by atoms with E-state index < -0.39 is 0 Å². The molecule has 0 unspecified atom stereocenters. The molecule has 0 saturated heterocycles. The van der Waals surface area contributed by atoms with Gasteiger partial charge in [0.25, 0.3) is 0 Å². The number of rotatable bonds is 7. The van der Waals surface area contributed by atoms with Crippen molar-refractivity contribution in [2.75, 3.05) is 0 Å². The normalized spacial score (nSPS) is 10.3. The van der Waals surface area contributed by atoms with Gasteiger partial charge in [0.05, 0.1) is 0 Å². The van der Waals surface area contributed by atoms with E-state index in [0.717, 1.165) is 6.42 Å². The van der Waals surface area contributed by atoms with Crippen LogP contribution in [0.2, 0.25) is 0 Å². The van der Waals surface area contributed by atoms with Crippen molar-refractivity contribution in [1.29, 1.82) is 0 Å². The minimum atomic E-state index is -0.340. The zero-order valence-corrected chi connectivity index (χ0v) is 10.0. The highest BCUT2D eigenvalue weighted by molar-refractivity contribution is 5.92. The summed E-state index contributed by atoms with van der Waals surface area (Å²) >= 11 is 0. The molecule has 0 aromatic heterocycles. The third-order valence-corrected chi connectivity index (χ3v) is 2.78. The number of unbranched alkanes of at least 4 members (excludes halogenated alkanes) is 4. The number of carbonyl (C=O) groups excluding carboxylic acids is 1. The van der Waals surface area contributed by atoms with Gasteiger partial charge in [0.15, 0.2) is 0 Å². The average molecular weight is 219 g/mol. The Labute approximate surface area is 97.9 Å². The molecule has 16 heavy (non-hydrogen) atoms. The molecule has 0 fully saturated rings. The number of hydrogen-bond donors (Lipinski definition) is 1. The van der Waals surface area contributed by atoms with Crippen LogP contribution in [0.1, 0.15) is 54.9 Å². The fourth-order valence-electron chi connectivity index (χ4n) is 1.81. The van der Waals surface area contributed by atoms with E-state index in [1.165, 1.54) is 37.7 Å². The van der Waals surface area contributed by atoms with Crippen LogP contribution in [0.25, 0.3) is 0 Å². The summed E-state index contributed by atoms with van der Waals surface area (Å²) in [7, 11) is 0. The minimum Gasteiger partial charge on any atom is -0.366 e. The molecule has 0 aliphatic rings. The van der Waals surface area contributed by atoms with Crippen LogP contribution in [-0.2, 0) is 6.42 Å². The van der Waals surface area contributed by atoms with Crippen LogP contribution in [0.3, 0.4) is 0 Å². The molecular formula is C14H21NO. The molecule has 2 N–H and O–H groups in total. The highest BCUT2D eigenvalue weighted by atomic mass is 16.1. The molecule has 0 radical (unpaired) electrons. The molecule has 0 aliphatic carbocycles. The van der Waals surface area contributed by atoms with Gasteiger partial charge in [0.2, 0.25) is 5.91 Å². The van der Waals surface area contributed by atoms with Gasteiger partial charge < -0.3 is 5.73 Å². The second-order valence-corrected chi connectivity index (χ2v) is 4.23. The maximum absolute atomic E-state index is 11.0. The highest BCUT2D eigenvalue weighted by Gasteiger charge is 2.00. The summed E-state index contributed by atoms with van der Waals surface area (Å²) in [6.07, 6.45) is 7.42. The van der Waals surface area contributed by atoms with Crippen LogP contribution < -0.4 is 5.73 Å². The maximum atomic E-state index is 11.0. The smallest absolute Gasteiger partial charge is 0.248 e. The van der Waals surface area contributed by atoms with Crippen LogP contribution in [0.5, 0.6) is 0 Å². The lowest BCUT2D eigenvalue weighted by atomic mass is 10.0. The fraction of sp³-hybridized carbons (Fsp3) is 0.500. The van der Waals surface area contributed by atoms with Crippen molar-refractivity contribution in [2.45, 2.75) is 45.4 Å². The van der Waals surface area contributed by atoms with Crippen LogP contribution in [0.4, 0.5) is 0 Å². The first-order chi connectivity index (χ1) is 7.74. The summed E-state index contributed by atoms with van der Waals surface area (Å²) in [5, 5.41) is 0. The lowest BCUT2D eigenvalue weighted by Gasteiger charge is -2.03. The summed E-state index contributed by atoms with van der Waals surface area (Å²) in [5.74, 6) is -0.340. The van der Waals surface area contributed by atoms with E-state index in [1.807, 2.05) is 12.1 Å². The van der Waals surface area contributed by atoms with Crippen LogP contribution in [0, 0.1) is 0 Å². The summed E-state index contributed by atoms with van der Waals surface area (Å²) in [6.45, 7) is 2.22. The molecule has 1 aromatic rings. The van der Waals surface area contributed by atoms with Gasteiger partial charge in [-0.2, -0.15) is 0 Å². The molecule has 2 heteroatoms. The molecule has 0 atom stereocenters. The van der Waals surface area contributed by atoms with Crippen molar-refractivity contribution in [3.8, 4) is 0 Å². The maximum Gasteiger partial charge on any atom is 0.248 e. The van der Waals surface area contributed by atoms with Crippen molar-refractivity contribution < 1.29 is 4.79 Å². The Morgan fingerprint density at radius 3 is 2.62 bits per heavy atom. The van der Waals surface area contributed by atoms with E-state index in [0.29, 0.717) is 5.56 Å². The number of benzene rings is 1. The molecule has 0 spiro atoms. The topological polar surface area (TPSA) is 43.1 Å². The summed E-state index contributed by atoms with van der Waals surface area (Å²) < 4.78 is 0. The van der Waals surface area contributed by atoms with E-state index in [4.69, 9.17) is 5.73 Å². The average Bonchev–Trinajstić information content (AvgIpc) is 2.29. The Morgan fingerprint density at radius 1 is 1.19 bits per heavy atom. The first-order valence-corrected chi connectivity index (χ1v) is 6.12. The highest BCUT2D eigenvalue weighted by Crippen LogP contribution is 2.10. The molecule has 1 aromatic carbocycles. The van der Waals surface area contributed by atoms with Crippen molar-refractivity contribution in [1.82, 2.24) is 0 Å². The molecule has 1 rings (SSSR count). The lowest BCUT2D eigenvalue weighted by Crippen LogP contribution is -2.10. The van der Waals surface area contributed by atoms with E-state index in [2.05, 4.69) is 13.0 Å². The Kier molecular flexibility index (Phi) is 5.62. The predicted molar refractivity (Wildman–Crippen MR) is 67.4 cm³/mol. The minimum absolute atomic E-state index is 0.340. The number of carbonyl (C=O) groups is 1. The number of amides is 1. The van der Waals surface area contributed by atoms with Gasteiger partial charge in [-0.25, -0.2) is 0 Å². The number of aryl methyl sites for hydroxylation is 1. The van der Waals surface area contributed by atoms with Crippen molar-refractivity contribution in [3.63, 3.8) is 0 Å². The Balaban J connectivity index is 2.36. The summed E-state index contributed by atoms with van der Waals surface area (Å²) in [6, 6.07) is 7.64. The second kappa shape index (κ2) is 7.04. The quantitative estimate of drug-likeness (QED) is 0.702. The molecule has 0 bridgehead atoms. The van der Waals surface area contributed by atoms with Gasteiger partial charge in [0.1, 0.15) is 0 Å². The molecule has 2 nitrogen and oxygen atoms in total. The zero-order valence-electron chi connectivity index (χ0n) is 10.0. The third kappa shape index (κ3) is 4.47. The molecule has 88 valence electrons. The van der Waals surface area contributed by atoms with E-state index >= 15 is 0 Å². The van der Waals surface area contributed by atoms with Crippen molar-refractivity contribution >= 4 is 5.91 Å². The molecular weight excluding hydrogens is 198 g/mol. The van der Waals surface area contributed by atoms with Crippen molar-refractivity contribution in [2.24, 2.45) is 5.73 Å². The summed E-state index contributed by atoms with van der Waals surface area (Å²) in [4.78, 5) is 11.0. The largest absolute Gasteiger partial charge is 0.366 e. The van der Waals surface area contributed by atoms with Gasteiger partial charge >= 0.3 is 0 Å². The van der Waals surface area contributed by atoms with Gasteiger partial charge in [-0.05, 0) is 30.5 Å². The number of primary amides is 1. The Bertz CT molecular complexity index is 333. The number of hydrogen-bond acceptors (Lipinski definition) is 1. The molecule has 0 heterocycles. The third-order valence-electron chi connectivity index (χ3n) is 2.78. The Morgan fingerprint density at radius 2 is 1.94 bits per heavy atom. The summed E-state index contributed by atoms with van der Waals surface area (Å²) in [5.41, 5.74) is 7.07. The molecule has 0 aliphatic heterocycles. The van der Waals surface area contributed by atoms with E-state index in [1.54, 1.807) is 6.07 Å².